The van der Waals surface area contributed by atoms with Gasteiger partial charge < -0.3 is 20.3 Å². The Labute approximate surface area is 215 Å². The molecule has 3 aromatic carbocycles. The number of phenols is 1. The van der Waals surface area contributed by atoms with E-state index < -0.39 is 21.5 Å². The zero-order valence-electron chi connectivity index (χ0n) is 20.9. The molecule has 1 amide bonds. The Kier molecular flexibility index (Phi) is 10.1. The van der Waals surface area contributed by atoms with Crippen molar-refractivity contribution in [2.75, 3.05) is 19.8 Å². The van der Waals surface area contributed by atoms with Crippen molar-refractivity contribution in [1.82, 2.24) is 0 Å². The molecule has 1 saturated heterocycles. The molecule has 3 N–H and O–H groups in total. The highest BCUT2D eigenvalue weighted by molar-refractivity contribution is 7.87. The molecular weight excluding hydrogens is 474 g/mol. The summed E-state index contributed by atoms with van der Waals surface area (Å²) < 4.78 is 23.3. The first-order valence-corrected chi connectivity index (χ1v) is 13.5. The Morgan fingerprint density at radius 3 is 2.31 bits per heavy atom. The van der Waals surface area contributed by atoms with E-state index in [4.69, 9.17) is 15.2 Å². The van der Waals surface area contributed by atoms with Gasteiger partial charge in [0.1, 0.15) is 16.2 Å². The van der Waals surface area contributed by atoms with E-state index in [9.17, 15) is 14.1 Å². The molecule has 6 nitrogen and oxygen atoms in total. The third kappa shape index (κ3) is 6.74. The fourth-order valence-corrected chi connectivity index (χ4v) is 5.69. The minimum Gasteiger partial charge on any atom is -0.508 e. The summed E-state index contributed by atoms with van der Waals surface area (Å²) in [6, 6.07) is 22.6. The van der Waals surface area contributed by atoms with Gasteiger partial charge in [0.25, 0.3) is 0 Å². The van der Waals surface area contributed by atoms with Gasteiger partial charge in [-0.2, -0.15) is 0 Å². The summed E-state index contributed by atoms with van der Waals surface area (Å²) in [5.41, 5.74) is 9.01. The highest BCUT2D eigenvalue weighted by atomic mass is 32.2. The van der Waals surface area contributed by atoms with Crippen molar-refractivity contribution in [3.05, 3.63) is 78.4 Å². The molecule has 0 aromatic heterocycles. The predicted octanol–water partition coefficient (Wildman–Crippen LogP) is 5.24. The molecular formula is C29H35NO5S. The highest BCUT2D eigenvalue weighted by Gasteiger charge is 2.45. The molecule has 1 fully saturated rings. The van der Waals surface area contributed by atoms with E-state index in [1.54, 1.807) is 36.4 Å². The summed E-state index contributed by atoms with van der Waals surface area (Å²) in [7, 11) is -1.54. The molecule has 192 valence electrons. The summed E-state index contributed by atoms with van der Waals surface area (Å²) in [5, 5.41) is 9.48. The van der Waals surface area contributed by atoms with Crippen LogP contribution in [0.2, 0.25) is 0 Å². The molecule has 1 atom stereocenters. The Balaban J connectivity index is 0.00000176. The number of amides is 1. The number of hydrogen-bond acceptors (Lipinski definition) is 5. The molecule has 1 heterocycles. The second kappa shape index (κ2) is 13.2. The van der Waals surface area contributed by atoms with Gasteiger partial charge in [-0.25, -0.2) is 0 Å². The first-order valence-electron chi connectivity index (χ1n) is 12.4. The van der Waals surface area contributed by atoms with E-state index in [0.29, 0.717) is 43.3 Å². The van der Waals surface area contributed by atoms with Crippen molar-refractivity contribution in [2.45, 2.75) is 49.2 Å². The largest absolute Gasteiger partial charge is 0.508 e. The lowest BCUT2D eigenvalue weighted by Gasteiger charge is -2.33. The lowest BCUT2D eigenvalue weighted by molar-refractivity contribution is -0.122. The molecule has 1 aliphatic heterocycles. The van der Waals surface area contributed by atoms with Crippen LogP contribution in [0.25, 0.3) is 11.1 Å². The van der Waals surface area contributed by atoms with Crippen molar-refractivity contribution >= 4 is 16.7 Å². The maximum Gasteiger partial charge on any atom is 0.236 e. The Hall–Kier alpha value is -3.16. The lowest BCUT2D eigenvalue weighted by Crippen LogP contribution is -2.51. The van der Waals surface area contributed by atoms with Crippen LogP contribution in [0.4, 0.5) is 0 Å². The van der Waals surface area contributed by atoms with Gasteiger partial charge in [0, 0.05) is 18.1 Å². The first-order chi connectivity index (χ1) is 17.5. The van der Waals surface area contributed by atoms with Crippen LogP contribution in [0.15, 0.2) is 77.7 Å². The average Bonchev–Trinajstić information content (AvgIpc) is 2.93. The average molecular weight is 510 g/mol. The summed E-state index contributed by atoms with van der Waals surface area (Å²) in [5.74, 6) is 0.412. The van der Waals surface area contributed by atoms with Gasteiger partial charge in [0.2, 0.25) is 5.91 Å². The molecule has 0 aliphatic carbocycles. The minimum atomic E-state index is -1.54. The normalized spacial score (nSPS) is 15.3. The van der Waals surface area contributed by atoms with Crippen LogP contribution >= 0.6 is 0 Å². The van der Waals surface area contributed by atoms with Crippen molar-refractivity contribution in [3.8, 4) is 22.6 Å². The lowest BCUT2D eigenvalue weighted by atomic mass is 9.98. The zero-order valence-corrected chi connectivity index (χ0v) is 21.8. The second-order valence-electron chi connectivity index (χ2n) is 8.41. The Morgan fingerprint density at radius 1 is 1.00 bits per heavy atom. The highest BCUT2D eigenvalue weighted by Crippen LogP contribution is 2.32. The van der Waals surface area contributed by atoms with Crippen molar-refractivity contribution in [1.29, 1.82) is 0 Å². The molecule has 0 saturated carbocycles. The van der Waals surface area contributed by atoms with Crippen LogP contribution in [-0.4, -0.2) is 39.8 Å². The molecule has 1 unspecified atom stereocenters. The quantitative estimate of drug-likeness (QED) is 0.385. The van der Waals surface area contributed by atoms with E-state index in [1.165, 1.54) is 5.56 Å². The Morgan fingerprint density at radius 2 is 1.67 bits per heavy atom. The van der Waals surface area contributed by atoms with E-state index >= 15 is 0 Å². The standard InChI is InChI=1S/C27H29NO5S.C2H6/c28-26(30)27(14-17-32-18-15-27)34(31)25-12-10-24(11-13-25)33-16-2-4-20-3-1-5-22(19-20)21-6-8-23(29)9-7-21;1-2/h1,3,5-13,19,29H,2,4,14-18H2,(H2,28,30);1-2H3. The van der Waals surface area contributed by atoms with Gasteiger partial charge in [0.15, 0.2) is 0 Å². The molecule has 4 rings (SSSR count). The smallest absolute Gasteiger partial charge is 0.236 e. The van der Waals surface area contributed by atoms with Crippen LogP contribution < -0.4 is 10.5 Å². The summed E-state index contributed by atoms with van der Waals surface area (Å²) in [4.78, 5) is 12.7. The van der Waals surface area contributed by atoms with Crippen molar-refractivity contribution in [2.24, 2.45) is 5.73 Å². The summed E-state index contributed by atoms with van der Waals surface area (Å²) in [6.45, 7) is 5.32. The summed E-state index contributed by atoms with van der Waals surface area (Å²) in [6.07, 6.45) is 2.44. The number of nitrogens with two attached hydrogens (primary N) is 1. The number of aromatic hydroxyl groups is 1. The van der Waals surface area contributed by atoms with Crippen LogP contribution in [0.3, 0.4) is 0 Å². The van der Waals surface area contributed by atoms with Crippen LogP contribution in [0.5, 0.6) is 11.5 Å². The number of hydrogen-bond donors (Lipinski definition) is 2. The molecule has 36 heavy (non-hydrogen) atoms. The predicted molar refractivity (Wildman–Crippen MR) is 144 cm³/mol. The number of benzene rings is 3. The van der Waals surface area contributed by atoms with Crippen LogP contribution in [0.1, 0.15) is 38.7 Å². The monoisotopic (exact) mass is 509 g/mol. The zero-order chi connectivity index (χ0) is 26.0. The minimum absolute atomic E-state index is 0.257. The van der Waals surface area contributed by atoms with Gasteiger partial charge in [-0.1, -0.05) is 50.2 Å². The topological polar surface area (TPSA) is 98.9 Å². The number of carbonyl (C=O) groups is 1. The van der Waals surface area contributed by atoms with Crippen LogP contribution in [-0.2, 0) is 26.8 Å². The molecule has 7 heteroatoms. The van der Waals surface area contributed by atoms with Crippen LogP contribution in [0, 0.1) is 0 Å². The fraction of sp³-hybridized carbons (Fsp3) is 0.345. The van der Waals surface area contributed by atoms with Gasteiger partial charge in [-0.05, 0) is 78.8 Å². The van der Waals surface area contributed by atoms with Gasteiger partial charge in [-0.3, -0.25) is 9.00 Å². The maximum atomic E-state index is 13.1. The SMILES string of the molecule is CC.NC(=O)C1(S(=O)c2ccc(OCCCc3cccc(-c4ccc(O)cc4)c3)cc2)CCOCC1. The number of carbonyl (C=O) groups excluding carboxylic acids is 1. The number of phenolic OH excluding ortho intramolecular Hbond substituents is 1. The molecule has 1 aliphatic rings. The fourth-order valence-electron chi connectivity index (χ4n) is 4.14. The van der Waals surface area contributed by atoms with E-state index in [0.717, 1.165) is 24.0 Å². The van der Waals surface area contributed by atoms with Gasteiger partial charge >= 0.3 is 0 Å². The number of aryl methyl sites for hydroxylation is 1. The number of primary amides is 1. The first kappa shape index (κ1) is 27.4. The van der Waals surface area contributed by atoms with Gasteiger partial charge in [0.05, 0.1) is 17.4 Å². The van der Waals surface area contributed by atoms with E-state index in [1.807, 2.05) is 32.0 Å². The molecule has 3 aromatic rings. The van der Waals surface area contributed by atoms with E-state index in [2.05, 4.69) is 18.2 Å². The van der Waals surface area contributed by atoms with E-state index in [-0.39, 0.29) is 5.75 Å². The van der Waals surface area contributed by atoms with Gasteiger partial charge in [-0.15, -0.1) is 0 Å². The molecule has 0 spiro atoms. The summed E-state index contributed by atoms with van der Waals surface area (Å²) >= 11 is 0. The molecule has 0 bridgehead atoms. The van der Waals surface area contributed by atoms with Crippen molar-refractivity contribution in [3.63, 3.8) is 0 Å². The maximum absolute atomic E-state index is 13.1. The number of rotatable bonds is 9. The Bertz CT molecular complexity index is 1140. The third-order valence-electron chi connectivity index (χ3n) is 6.15. The number of ether oxygens (including phenoxy) is 2. The third-order valence-corrected chi connectivity index (χ3v) is 8.17. The second-order valence-corrected chi connectivity index (χ2v) is 10.2. The van der Waals surface area contributed by atoms with Crippen molar-refractivity contribution < 1.29 is 23.6 Å². The molecule has 0 radical (unpaired) electrons.